The van der Waals surface area contributed by atoms with Gasteiger partial charge in [0.25, 0.3) is 0 Å². The third-order valence-corrected chi connectivity index (χ3v) is 2.87. The molecule has 114 valence electrons. The highest BCUT2D eigenvalue weighted by atomic mass is 16.6. The van der Waals surface area contributed by atoms with Crippen LogP contribution < -0.4 is 10.6 Å². The monoisotopic (exact) mass is 282 g/mol. The average Bonchev–Trinajstić information content (AvgIpc) is 2.58. The van der Waals surface area contributed by atoms with Gasteiger partial charge in [0.15, 0.2) is 0 Å². The number of aromatic nitrogens is 2. The number of amides is 1. The van der Waals surface area contributed by atoms with Crippen molar-refractivity contribution in [2.75, 3.05) is 6.54 Å². The van der Waals surface area contributed by atoms with E-state index < -0.39 is 5.60 Å². The van der Waals surface area contributed by atoms with Gasteiger partial charge in [0, 0.05) is 37.4 Å². The largest absolute Gasteiger partial charge is 0.444 e. The zero-order valence-corrected chi connectivity index (χ0v) is 13.3. The van der Waals surface area contributed by atoms with Gasteiger partial charge in [-0.2, -0.15) is 5.10 Å². The van der Waals surface area contributed by atoms with Gasteiger partial charge in [-0.05, 0) is 34.6 Å². The fraction of sp³-hybridized carbons (Fsp3) is 0.714. The lowest BCUT2D eigenvalue weighted by molar-refractivity contribution is 0.0508. The fourth-order valence-electron chi connectivity index (χ4n) is 1.70. The van der Waals surface area contributed by atoms with Crippen molar-refractivity contribution in [2.45, 2.75) is 52.8 Å². The Morgan fingerprint density at radius 2 is 2.15 bits per heavy atom. The molecule has 1 heterocycles. The van der Waals surface area contributed by atoms with Crippen LogP contribution in [0.4, 0.5) is 4.79 Å². The van der Waals surface area contributed by atoms with Crippen LogP contribution in [0.25, 0.3) is 0 Å². The molecule has 0 spiro atoms. The zero-order chi connectivity index (χ0) is 15.3. The van der Waals surface area contributed by atoms with Crippen LogP contribution in [0.1, 0.15) is 39.0 Å². The maximum atomic E-state index is 11.6. The number of nitrogens with zero attached hydrogens (tertiary/aromatic N) is 2. The smallest absolute Gasteiger partial charge is 0.407 e. The summed E-state index contributed by atoms with van der Waals surface area (Å²) >= 11 is 0. The Balaban J connectivity index is 2.28. The second-order valence-corrected chi connectivity index (χ2v) is 6.06. The average molecular weight is 282 g/mol. The lowest BCUT2D eigenvalue weighted by Crippen LogP contribution is -2.42. The molecule has 1 aromatic rings. The topological polar surface area (TPSA) is 68.2 Å². The van der Waals surface area contributed by atoms with Crippen LogP contribution in [0.2, 0.25) is 0 Å². The van der Waals surface area contributed by atoms with Crippen LogP contribution >= 0.6 is 0 Å². The first-order valence-electron chi connectivity index (χ1n) is 6.87. The maximum Gasteiger partial charge on any atom is 0.407 e. The number of ether oxygens (including phenoxy) is 1. The lowest BCUT2D eigenvalue weighted by atomic mass is 10.2. The number of nitrogens with one attached hydrogen (secondary N) is 2. The van der Waals surface area contributed by atoms with E-state index in [2.05, 4.69) is 15.7 Å². The van der Waals surface area contributed by atoms with Gasteiger partial charge in [-0.15, -0.1) is 0 Å². The molecule has 1 atom stereocenters. The van der Waals surface area contributed by atoms with E-state index in [4.69, 9.17) is 4.74 Å². The highest BCUT2D eigenvalue weighted by molar-refractivity contribution is 5.68. The fourth-order valence-corrected chi connectivity index (χ4v) is 1.70. The van der Waals surface area contributed by atoms with Crippen molar-refractivity contribution < 1.29 is 9.53 Å². The second kappa shape index (κ2) is 6.74. The molecule has 0 aliphatic rings. The molecule has 0 radical (unpaired) electrons. The number of hydrogen-bond donors (Lipinski definition) is 2. The Morgan fingerprint density at radius 3 is 2.65 bits per heavy atom. The molecule has 0 fully saturated rings. The van der Waals surface area contributed by atoms with E-state index in [1.165, 1.54) is 0 Å². The summed E-state index contributed by atoms with van der Waals surface area (Å²) in [6, 6.07) is 0.00169. The van der Waals surface area contributed by atoms with E-state index in [1.54, 1.807) is 0 Å². The van der Waals surface area contributed by atoms with Crippen molar-refractivity contribution >= 4 is 6.09 Å². The highest BCUT2D eigenvalue weighted by Crippen LogP contribution is 2.07. The Morgan fingerprint density at radius 1 is 1.50 bits per heavy atom. The molecule has 20 heavy (non-hydrogen) atoms. The Hall–Kier alpha value is -1.56. The first-order chi connectivity index (χ1) is 9.19. The number of carbonyl (C=O) groups is 1. The van der Waals surface area contributed by atoms with Crippen LogP contribution in [0.5, 0.6) is 0 Å². The first kappa shape index (κ1) is 16.5. The minimum absolute atomic E-state index is 0.00169. The van der Waals surface area contributed by atoms with Gasteiger partial charge in [0.1, 0.15) is 5.60 Å². The third kappa shape index (κ3) is 5.61. The number of rotatable bonds is 5. The quantitative estimate of drug-likeness (QED) is 0.863. The number of hydrogen-bond acceptors (Lipinski definition) is 4. The predicted octanol–water partition coefficient (Wildman–Crippen LogP) is 1.73. The third-order valence-electron chi connectivity index (χ3n) is 2.87. The standard InChI is InChI=1S/C14H26N4O2/c1-10(17-13(19)20-14(3,4)5)7-15-8-12-9-16-18(6)11(12)2/h9-10,15H,7-8H2,1-6H3,(H,17,19). The van der Waals surface area contributed by atoms with Gasteiger partial charge in [-0.25, -0.2) is 4.79 Å². The summed E-state index contributed by atoms with van der Waals surface area (Å²) < 4.78 is 7.05. The molecule has 1 aromatic heterocycles. The van der Waals surface area contributed by atoms with Gasteiger partial charge in [0.05, 0.1) is 6.20 Å². The van der Waals surface area contributed by atoms with Gasteiger partial charge in [-0.3, -0.25) is 4.68 Å². The molecule has 0 aromatic carbocycles. The van der Waals surface area contributed by atoms with Crippen molar-refractivity contribution in [1.29, 1.82) is 0 Å². The van der Waals surface area contributed by atoms with E-state index in [0.29, 0.717) is 6.54 Å². The minimum atomic E-state index is -0.468. The molecule has 0 aliphatic carbocycles. The summed E-state index contributed by atoms with van der Waals surface area (Å²) in [4.78, 5) is 11.6. The molecule has 0 bridgehead atoms. The van der Waals surface area contributed by atoms with Gasteiger partial charge < -0.3 is 15.4 Å². The number of alkyl carbamates (subject to hydrolysis) is 1. The number of aryl methyl sites for hydroxylation is 1. The van der Waals surface area contributed by atoms with E-state index in [1.807, 2.05) is 52.5 Å². The van der Waals surface area contributed by atoms with Gasteiger partial charge in [-0.1, -0.05) is 0 Å². The van der Waals surface area contributed by atoms with E-state index >= 15 is 0 Å². The summed E-state index contributed by atoms with van der Waals surface area (Å²) in [7, 11) is 1.92. The van der Waals surface area contributed by atoms with Crippen molar-refractivity contribution in [3.63, 3.8) is 0 Å². The molecule has 1 unspecified atom stereocenters. The zero-order valence-electron chi connectivity index (χ0n) is 13.3. The Bertz CT molecular complexity index is 449. The van der Waals surface area contributed by atoms with Crippen LogP contribution in [0.15, 0.2) is 6.20 Å². The van der Waals surface area contributed by atoms with Crippen LogP contribution in [0, 0.1) is 6.92 Å². The molecular weight excluding hydrogens is 256 g/mol. The Kier molecular flexibility index (Phi) is 5.56. The molecule has 0 aliphatic heterocycles. The highest BCUT2D eigenvalue weighted by Gasteiger charge is 2.17. The van der Waals surface area contributed by atoms with Crippen LogP contribution in [-0.4, -0.2) is 34.1 Å². The molecule has 6 nitrogen and oxygen atoms in total. The van der Waals surface area contributed by atoms with Crippen LogP contribution in [-0.2, 0) is 18.3 Å². The summed E-state index contributed by atoms with van der Waals surface area (Å²) in [6.45, 7) is 10.9. The minimum Gasteiger partial charge on any atom is -0.444 e. The van der Waals surface area contributed by atoms with E-state index in [9.17, 15) is 4.79 Å². The van der Waals surface area contributed by atoms with Crippen molar-refractivity contribution in [1.82, 2.24) is 20.4 Å². The van der Waals surface area contributed by atoms with Crippen molar-refractivity contribution in [3.8, 4) is 0 Å². The summed E-state index contributed by atoms with van der Waals surface area (Å²) in [5.41, 5.74) is 1.84. The van der Waals surface area contributed by atoms with Crippen molar-refractivity contribution in [2.24, 2.45) is 7.05 Å². The SMILES string of the molecule is Cc1c(CNCC(C)NC(=O)OC(C)(C)C)cnn1C. The molecule has 0 saturated heterocycles. The molecule has 1 amide bonds. The molecular formula is C14H26N4O2. The second-order valence-electron chi connectivity index (χ2n) is 6.06. The summed E-state index contributed by atoms with van der Waals surface area (Å²) in [5, 5.41) is 10.3. The maximum absolute atomic E-state index is 11.6. The lowest BCUT2D eigenvalue weighted by Gasteiger charge is -2.22. The van der Waals surface area contributed by atoms with Gasteiger partial charge in [0.2, 0.25) is 0 Å². The van der Waals surface area contributed by atoms with Gasteiger partial charge >= 0.3 is 6.09 Å². The van der Waals surface area contributed by atoms with Crippen LogP contribution in [0.3, 0.4) is 0 Å². The summed E-state index contributed by atoms with van der Waals surface area (Å²) in [5.74, 6) is 0. The molecule has 2 N–H and O–H groups in total. The normalized spacial score (nSPS) is 13.1. The Labute approximate surface area is 120 Å². The number of carbonyl (C=O) groups excluding carboxylic acids is 1. The van der Waals surface area contributed by atoms with Crippen molar-refractivity contribution in [3.05, 3.63) is 17.5 Å². The first-order valence-corrected chi connectivity index (χ1v) is 6.87. The summed E-state index contributed by atoms with van der Waals surface area (Å²) in [6.07, 6.45) is 1.47. The molecule has 6 heteroatoms. The van der Waals surface area contributed by atoms with E-state index in [0.717, 1.165) is 17.8 Å². The van der Waals surface area contributed by atoms with E-state index in [-0.39, 0.29) is 12.1 Å². The predicted molar refractivity (Wildman–Crippen MR) is 78.5 cm³/mol. The molecule has 0 saturated carbocycles. The molecule has 1 rings (SSSR count).